The van der Waals surface area contributed by atoms with Gasteiger partial charge in [0, 0.05) is 0 Å². The Kier molecular flexibility index (Phi) is 2.59. The van der Waals surface area contributed by atoms with Gasteiger partial charge in [-0.05, 0) is 19.1 Å². The molecule has 0 saturated carbocycles. The SMILES string of the molecule is CCOc1cccc2oc(CCl)nc12. The minimum atomic E-state index is 0.278. The lowest BCUT2D eigenvalue weighted by Crippen LogP contribution is -1.91. The van der Waals surface area contributed by atoms with Crippen LogP contribution >= 0.6 is 11.6 Å². The molecule has 0 fully saturated rings. The molecule has 0 aliphatic rings. The van der Waals surface area contributed by atoms with Crippen molar-refractivity contribution >= 4 is 22.7 Å². The number of hydrogen-bond donors (Lipinski definition) is 0. The maximum absolute atomic E-state index is 5.63. The summed E-state index contributed by atoms with van der Waals surface area (Å²) in [5, 5.41) is 0. The minimum Gasteiger partial charge on any atom is -0.491 e. The molecule has 74 valence electrons. The molecule has 2 aromatic rings. The molecule has 0 bridgehead atoms. The molecular weight excluding hydrogens is 202 g/mol. The molecule has 0 amide bonds. The molecule has 0 unspecified atom stereocenters. The Bertz CT molecular complexity index is 439. The van der Waals surface area contributed by atoms with Crippen LogP contribution in [0, 0.1) is 0 Å². The normalized spacial score (nSPS) is 10.7. The first-order chi connectivity index (χ1) is 6.85. The summed E-state index contributed by atoms with van der Waals surface area (Å²) >= 11 is 5.63. The Morgan fingerprint density at radius 3 is 3.07 bits per heavy atom. The van der Waals surface area contributed by atoms with Gasteiger partial charge in [-0.1, -0.05) is 6.07 Å². The number of ether oxygens (including phenoxy) is 1. The number of fused-ring (bicyclic) bond motifs is 1. The molecule has 0 atom stereocenters. The van der Waals surface area contributed by atoms with Gasteiger partial charge in [0.1, 0.15) is 5.75 Å². The minimum absolute atomic E-state index is 0.278. The van der Waals surface area contributed by atoms with E-state index in [1.54, 1.807) is 0 Å². The first-order valence-corrected chi connectivity index (χ1v) is 4.95. The fourth-order valence-corrected chi connectivity index (χ4v) is 1.41. The van der Waals surface area contributed by atoms with Crippen LogP contribution in [0.2, 0.25) is 0 Å². The number of hydrogen-bond acceptors (Lipinski definition) is 3. The van der Waals surface area contributed by atoms with Crippen LogP contribution in [-0.4, -0.2) is 11.6 Å². The zero-order chi connectivity index (χ0) is 9.97. The van der Waals surface area contributed by atoms with Gasteiger partial charge in [0.05, 0.1) is 12.5 Å². The number of benzene rings is 1. The first kappa shape index (κ1) is 9.34. The molecule has 0 radical (unpaired) electrons. The third kappa shape index (κ3) is 1.55. The smallest absolute Gasteiger partial charge is 0.210 e. The average Bonchev–Trinajstić information content (AvgIpc) is 2.62. The highest BCUT2D eigenvalue weighted by Crippen LogP contribution is 2.26. The summed E-state index contributed by atoms with van der Waals surface area (Å²) < 4.78 is 10.8. The van der Waals surface area contributed by atoms with Gasteiger partial charge in [0.2, 0.25) is 5.89 Å². The van der Waals surface area contributed by atoms with Crippen molar-refractivity contribution in [3.8, 4) is 5.75 Å². The number of oxazole rings is 1. The maximum Gasteiger partial charge on any atom is 0.210 e. The molecule has 14 heavy (non-hydrogen) atoms. The van der Waals surface area contributed by atoms with E-state index in [9.17, 15) is 0 Å². The lowest BCUT2D eigenvalue weighted by Gasteiger charge is -2.01. The molecule has 1 aromatic heterocycles. The third-order valence-electron chi connectivity index (χ3n) is 1.84. The number of para-hydroxylation sites is 1. The first-order valence-electron chi connectivity index (χ1n) is 4.42. The zero-order valence-corrected chi connectivity index (χ0v) is 8.54. The molecule has 0 N–H and O–H groups in total. The van der Waals surface area contributed by atoms with E-state index >= 15 is 0 Å². The van der Waals surface area contributed by atoms with Gasteiger partial charge in [-0.3, -0.25) is 0 Å². The van der Waals surface area contributed by atoms with Crippen LogP contribution in [0.1, 0.15) is 12.8 Å². The van der Waals surface area contributed by atoms with Crippen molar-refractivity contribution in [2.45, 2.75) is 12.8 Å². The number of aromatic nitrogens is 1. The van der Waals surface area contributed by atoms with E-state index in [0.29, 0.717) is 18.1 Å². The summed E-state index contributed by atoms with van der Waals surface area (Å²) in [5.74, 6) is 1.54. The van der Waals surface area contributed by atoms with E-state index in [4.69, 9.17) is 20.8 Å². The zero-order valence-electron chi connectivity index (χ0n) is 7.79. The van der Waals surface area contributed by atoms with Crippen LogP contribution in [0.5, 0.6) is 5.75 Å². The number of nitrogens with zero attached hydrogens (tertiary/aromatic N) is 1. The molecule has 0 aliphatic heterocycles. The summed E-state index contributed by atoms with van der Waals surface area (Å²) in [4.78, 5) is 4.23. The number of halogens is 1. The Hall–Kier alpha value is -1.22. The third-order valence-corrected chi connectivity index (χ3v) is 2.07. The second kappa shape index (κ2) is 3.88. The van der Waals surface area contributed by atoms with E-state index < -0.39 is 0 Å². The Labute approximate surface area is 86.6 Å². The van der Waals surface area contributed by atoms with E-state index in [1.165, 1.54) is 0 Å². The summed E-state index contributed by atoms with van der Waals surface area (Å²) in [5.41, 5.74) is 1.46. The van der Waals surface area contributed by atoms with Gasteiger partial charge in [-0.25, -0.2) is 4.98 Å². The van der Waals surface area contributed by atoms with Crippen molar-refractivity contribution in [1.82, 2.24) is 4.98 Å². The van der Waals surface area contributed by atoms with E-state index in [-0.39, 0.29) is 5.88 Å². The fraction of sp³-hybridized carbons (Fsp3) is 0.300. The molecule has 0 aliphatic carbocycles. The highest BCUT2D eigenvalue weighted by Gasteiger charge is 2.08. The second-order valence-electron chi connectivity index (χ2n) is 2.78. The van der Waals surface area contributed by atoms with Crippen LogP contribution < -0.4 is 4.74 Å². The van der Waals surface area contributed by atoms with Crippen LogP contribution in [0.4, 0.5) is 0 Å². The Morgan fingerprint density at radius 1 is 1.50 bits per heavy atom. The van der Waals surface area contributed by atoms with Crippen LogP contribution in [0.25, 0.3) is 11.1 Å². The van der Waals surface area contributed by atoms with Gasteiger partial charge in [-0.15, -0.1) is 11.6 Å². The van der Waals surface area contributed by atoms with Crippen molar-refractivity contribution in [3.63, 3.8) is 0 Å². The van der Waals surface area contributed by atoms with Gasteiger partial charge < -0.3 is 9.15 Å². The molecule has 0 saturated heterocycles. The molecule has 0 spiro atoms. The topological polar surface area (TPSA) is 35.3 Å². The lowest BCUT2D eigenvalue weighted by atomic mass is 10.3. The van der Waals surface area contributed by atoms with Crippen LogP contribution in [0.3, 0.4) is 0 Å². The summed E-state index contributed by atoms with van der Waals surface area (Å²) in [7, 11) is 0. The highest BCUT2D eigenvalue weighted by atomic mass is 35.5. The molecule has 1 heterocycles. The average molecular weight is 212 g/mol. The monoisotopic (exact) mass is 211 g/mol. The van der Waals surface area contributed by atoms with Gasteiger partial charge in [-0.2, -0.15) is 0 Å². The van der Waals surface area contributed by atoms with Gasteiger partial charge in [0.15, 0.2) is 11.1 Å². The second-order valence-corrected chi connectivity index (χ2v) is 3.04. The largest absolute Gasteiger partial charge is 0.491 e. The van der Waals surface area contributed by atoms with Gasteiger partial charge >= 0.3 is 0 Å². The molecule has 4 heteroatoms. The van der Waals surface area contributed by atoms with E-state index in [2.05, 4.69) is 4.98 Å². The maximum atomic E-state index is 5.63. The van der Waals surface area contributed by atoms with Crippen molar-refractivity contribution in [2.75, 3.05) is 6.61 Å². The molecule has 1 aromatic carbocycles. The molecule has 2 rings (SSSR count). The summed E-state index contributed by atoms with van der Waals surface area (Å²) in [6.07, 6.45) is 0. The summed E-state index contributed by atoms with van der Waals surface area (Å²) in [6, 6.07) is 5.59. The van der Waals surface area contributed by atoms with Crippen LogP contribution in [0.15, 0.2) is 22.6 Å². The van der Waals surface area contributed by atoms with Crippen molar-refractivity contribution in [2.24, 2.45) is 0 Å². The fourth-order valence-electron chi connectivity index (χ4n) is 1.30. The van der Waals surface area contributed by atoms with Crippen LogP contribution in [-0.2, 0) is 5.88 Å². The number of rotatable bonds is 3. The summed E-state index contributed by atoms with van der Waals surface area (Å²) in [6.45, 7) is 2.55. The Balaban J connectivity index is 2.55. The van der Waals surface area contributed by atoms with E-state index in [0.717, 1.165) is 11.3 Å². The van der Waals surface area contributed by atoms with Gasteiger partial charge in [0.25, 0.3) is 0 Å². The molecular formula is C10H10ClNO2. The quantitative estimate of drug-likeness (QED) is 0.733. The predicted molar refractivity (Wildman–Crippen MR) is 54.7 cm³/mol. The molecule has 3 nitrogen and oxygen atoms in total. The van der Waals surface area contributed by atoms with Crippen molar-refractivity contribution in [3.05, 3.63) is 24.1 Å². The standard InChI is InChI=1S/C10H10ClNO2/c1-2-13-7-4-3-5-8-10(7)12-9(6-11)14-8/h3-5H,2,6H2,1H3. The highest BCUT2D eigenvalue weighted by molar-refractivity contribution is 6.16. The lowest BCUT2D eigenvalue weighted by molar-refractivity contribution is 0.343. The van der Waals surface area contributed by atoms with Crippen molar-refractivity contribution in [1.29, 1.82) is 0 Å². The predicted octanol–water partition coefficient (Wildman–Crippen LogP) is 2.97. The van der Waals surface area contributed by atoms with Crippen molar-refractivity contribution < 1.29 is 9.15 Å². The number of alkyl halides is 1. The van der Waals surface area contributed by atoms with E-state index in [1.807, 2.05) is 25.1 Å². The Morgan fingerprint density at radius 2 is 2.36 bits per heavy atom.